The van der Waals surface area contributed by atoms with E-state index in [1.165, 1.54) is 0 Å². The minimum Gasteiger partial charge on any atom is -0.493 e. The zero-order valence-electron chi connectivity index (χ0n) is 15.7. The maximum atomic E-state index is 11.6. The molecule has 1 aliphatic heterocycles. The number of imide groups is 1. The minimum absolute atomic E-state index is 0. The first-order chi connectivity index (χ1) is 12.6. The Labute approximate surface area is 175 Å². The lowest BCUT2D eigenvalue weighted by molar-refractivity contribution is -0.124. The Hall–Kier alpha value is -2.24. The summed E-state index contributed by atoms with van der Waals surface area (Å²) < 4.78 is 10.8. The van der Waals surface area contributed by atoms with Gasteiger partial charge in [-0.25, -0.2) is 4.79 Å². The van der Waals surface area contributed by atoms with Crippen LogP contribution < -0.4 is 25.4 Å². The Bertz CT molecular complexity index is 667. The molecule has 0 radical (unpaired) electrons. The largest absolute Gasteiger partial charge is 0.493 e. The van der Waals surface area contributed by atoms with E-state index in [2.05, 4.69) is 20.9 Å². The van der Waals surface area contributed by atoms with Gasteiger partial charge in [-0.2, -0.15) is 0 Å². The Balaban J connectivity index is 0.00000364. The van der Waals surface area contributed by atoms with Crippen molar-refractivity contribution < 1.29 is 19.1 Å². The summed E-state index contributed by atoms with van der Waals surface area (Å²) in [6.45, 7) is 5.63. The van der Waals surface area contributed by atoms with Crippen LogP contribution in [0.2, 0.25) is 0 Å². The van der Waals surface area contributed by atoms with Gasteiger partial charge in [-0.1, -0.05) is 0 Å². The Morgan fingerprint density at radius 2 is 2.07 bits per heavy atom. The van der Waals surface area contributed by atoms with Crippen molar-refractivity contribution in [3.05, 3.63) is 18.2 Å². The van der Waals surface area contributed by atoms with Crippen LogP contribution in [0.4, 0.5) is 10.5 Å². The summed E-state index contributed by atoms with van der Waals surface area (Å²) in [5.41, 5.74) is 0.781. The van der Waals surface area contributed by atoms with Crippen LogP contribution in [0.5, 0.6) is 11.5 Å². The average Bonchev–Trinajstić information content (AvgIpc) is 2.94. The van der Waals surface area contributed by atoms with Gasteiger partial charge in [0.05, 0.1) is 33.4 Å². The van der Waals surface area contributed by atoms with Gasteiger partial charge in [-0.15, -0.1) is 24.0 Å². The van der Waals surface area contributed by atoms with E-state index >= 15 is 0 Å². The molecular formula is C17H26IN5O4. The Morgan fingerprint density at radius 3 is 2.67 bits per heavy atom. The van der Waals surface area contributed by atoms with Crippen LogP contribution in [-0.4, -0.2) is 62.7 Å². The van der Waals surface area contributed by atoms with Crippen molar-refractivity contribution in [1.82, 2.24) is 15.5 Å². The number of carbonyl (C=O) groups is 2. The molecule has 1 fully saturated rings. The predicted octanol–water partition coefficient (Wildman–Crippen LogP) is 1.64. The number of anilines is 1. The highest BCUT2D eigenvalue weighted by atomic mass is 127. The zero-order valence-corrected chi connectivity index (χ0v) is 18.0. The third-order valence-corrected chi connectivity index (χ3v) is 3.60. The van der Waals surface area contributed by atoms with Crippen LogP contribution in [0.25, 0.3) is 0 Å². The molecule has 0 aromatic heterocycles. The molecule has 1 aliphatic rings. The number of rotatable bonds is 8. The standard InChI is InChI=1S/C17H25N5O4.HI/c1-4-18-16(19-8-9-22-15(23)11-20-17(22)24)21-12-6-7-13(25-3)14(10-12)26-5-2;/h6-7,10H,4-5,8-9,11H2,1-3H3,(H,20,24)(H2,18,19,21);1H. The number of nitrogens with zero attached hydrogens (tertiary/aromatic N) is 2. The Morgan fingerprint density at radius 1 is 1.30 bits per heavy atom. The van der Waals surface area contributed by atoms with Crippen LogP contribution >= 0.6 is 24.0 Å². The smallest absolute Gasteiger partial charge is 0.324 e. The van der Waals surface area contributed by atoms with Gasteiger partial charge < -0.3 is 25.4 Å². The number of guanidine groups is 1. The summed E-state index contributed by atoms with van der Waals surface area (Å²) in [7, 11) is 1.59. The Kier molecular flexibility index (Phi) is 9.68. The summed E-state index contributed by atoms with van der Waals surface area (Å²) in [6, 6.07) is 5.11. The van der Waals surface area contributed by atoms with E-state index in [4.69, 9.17) is 9.47 Å². The fourth-order valence-corrected chi connectivity index (χ4v) is 2.41. The van der Waals surface area contributed by atoms with E-state index in [-0.39, 0.29) is 49.0 Å². The number of hydrogen-bond acceptors (Lipinski definition) is 5. The molecule has 2 rings (SSSR count). The molecule has 3 amide bonds. The highest BCUT2D eigenvalue weighted by Crippen LogP contribution is 2.30. The maximum Gasteiger partial charge on any atom is 0.324 e. The number of amides is 3. The fraction of sp³-hybridized carbons (Fsp3) is 0.471. The number of ether oxygens (including phenoxy) is 2. The monoisotopic (exact) mass is 491 g/mol. The predicted molar refractivity (Wildman–Crippen MR) is 114 cm³/mol. The van der Waals surface area contributed by atoms with Crippen molar-refractivity contribution in [2.24, 2.45) is 4.99 Å². The van der Waals surface area contributed by atoms with E-state index in [0.717, 1.165) is 10.6 Å². The van der Waals surface area contributed by atoms with Gasteiger partial charge in [0, 0.05) is 18.3 Å². The molecule has 150 valence electrons. The number of methoxy groups -OCH3 is 1. The number of hydrogen-bond donors (Lipinski definition) is 3. The molecule has 0 unspecified atom stereocenters. The lowest BCUT2D eigenvalue weighted by Crippen LogP contribution is -2.35. The average molecular weight is 491 g/mol. The van der Waals surface area contributed by atoms with Crippen molar-refractivity contribution in [1.29, 1.82) is 0 Å². The van der Waals surface area contributed by atoms with Gasteiger partial charge in [0.15, 0.2) is 17.5 Å². The topological polar surface area (TPSA) is 104 Å². The second-order valence-corrected chi connectivity index (χ2v) is 5.39. The first kappa shape index (κ1) is 22.8. The molecule has 1 heterocycles. The molecule has 0 bridgehead atoms. The molecule has 1 aromatic carbocycles. The highest BCUT2D eigenvalue weighted by Gasteiger charge is 2.27. The lowest BCUT2D eigenvalue weighted by atomic mass is 10.2. The molecule has 27 heavy (non-hydrogen) atoms. The lowest BCUT2D eigenvalue weighted by Gasteiger charge is -2.15. The minimum atomic E-state index is -0.375. The second kappa shape index (κ2) is 11.5. The molecule has 1 aromatic rings. The number of aliphatic imine (C=N–C) groups is 1. The number of urea groups is 1. The van der Waals surface area contributed by atoms with Crippen molar-refractivity contribution >= 4 is 47.6 Å². The summed E-state index contributed by atoms with van der Waals surface area (Å²) in [4.78, 5) is 28.7. The molecule has 0 atom stereocenters. The fourth-order valence-electron chi connectivity index (χ4n) is 2.41. The van der Waals surface area contributed by atoms with E-state index in [0.29, 0.717) is 37.2 Å². The molecule has 0 spiro atoms. The summed E-state index contributed by atoms with van der Waals surface area (Å²) in [5.74, 6) is 1.60. The zero-order chi connectivity index (χ0) is 18.9. The molecule has 0 saturated carbocycles. The maximum absolute atomic E-state index is 11.6. The third-order valence-electron chi connectivity index (χ3n) is 3.60. The first-order valence-corrected chi connectivity index (χ1v) is 8.53. The van der Waals surface area contributed by atoms with E-state index in [9.17, 15) is 9.59 Å². The van der Waals surface area contributed by atoms with E-state index in [1.54, 1.807) is 7.11 Å². The van der Waals surface area contributed by atoms with E-state index < -0.39 is 0 Å². The van der Waals surface area contributed by atoms with E-state index in [1.807, 2.05) is 32.0 Å². The van der Waals surface area contributed by atoms with Crippen LogP contribution in [0.3, 0.4) is 0 Å². The van der Waals surface area contributed by atoms with Crippen molar-refractivity contribution in [2.45, 2.75) is 13.8 Å². The molecule has 1 saturated heterocycles. The molecule has 9 nitrogen and oxygen atoms in total. The number of carbonyl (C=O) groups excluding carboxylic acids is 2. The van der Waals surface area contributed by atoms with Crippen LogP contribution in [0.15, 0.2) is 23.2 Å². The molecular weight excluding hydrogens is 465 g/mol. The van der Waals surface area contributed by atoms with Crippen molar-refractivity contribution in [3.63, 3.8) is 0 Å². The van der Waals surface area contributed by atoms with Gasteiger partial charge in [0.25, 0.3) is 0 Å². The van der Waals surface area contributed by atoms with Crippen LogP contribution in [0.1, 0.15) is 13.8 Å². The second-order valence-electron chi connectivity index (χ2n) is 5.39. The highest BCUT2D eigenvalue weighted by molar-refractivity contribution is 14.0. The first-order valence-electron chi connectivity index (χ1n) is 8.53. The quantitative estimate of drug-likeness (QED) is 0.221. The molecule has 0 aliphatic carbocycles. The van der Waals surface area contributed by atoms with Gasteiger partial charge in [0.1, 0.15) is 0 Å². The summed E-state index contributed by atoms with van der Waals surface area (Å²) in [6.07, 6.45) is 0. The summed E-state index contributed by atoms with van der Waals surface area (Å²) in [5, 5.41) is 8.78. The molecule has 10 heteroatoms. The van der Waals surface area contributed by atoms with Gasteiger partial charge in [-0.05, 0) is 26.0 Å². The third kappa shape index (κ3) is 6.45. The normalized spacial score (nSPS) is 13.7. The van der Waals surface area contributed by atoms with Crippen LogP contribution in [0, 0.1) is 0 Å². The van der Waals surface area contributed by atoms with Gasteiger partial charge in [0.2, 0.25) is 5.91 Å². The van der Waals surface area contributed by atoms with Gasteiger partial charge in [-0.3, -0.25) is 14.7 Å². The van der Waals surface area contributed by atoms with Crippen molar-refractivity contribution in [2.75, 3.05) is 45.2 Å². The van der Waals surface area contributed by atoms with Crippen molar-refractivity contribution in [3.8, 4) is 11.5 Å². The SMILES string of the molecule is CCNC(=NCCN1C(=O)CNC1=O)Nc1ccc(OC)c(OCC)c1.I. The summed E-state index contributed by atoms with van der Waals surface area (Å²) >= 11 is 0. The number of halogens is 1. The van der Waals surface area contributed by atoms with Gasteiger partial charge >= 0.3 is 6.03 Å². The number of benzene rings is 1. The number of nitrogens with one attached hydrogen (secondary N) is 3. The molecule has 3 N–H and O–H groups in total. The van der Waals surface area contributed by atoms with Crippen LogP contribution in [-0.2, 0) is 4.79 Å².